The summed E-state index contributed by atoms with van der Waals surface area (Å²) in [6, 6.07) is 9.61. The lowest BCUT2D eigenvalue weighted by atomic mass is 10.2. The Morgan fingerprint density at radius 2 is 1.83 bits per heavy atom. The summed E-state index contributed by atoms with van der Waals surface area (Å²) in [6.45, 7) is 3.79. The highest BCUT2D eigenvalue weighted by Crippen LogP contribution is 2.36. The average molecular weight is 377 g/mol. The Bertz CT molecular complexity index is 789. The maximum absolute atomic E-state index is 12.5. The van der Waals surface area contributed by atoms with Crippen molar-refractivity contribution in [3.8, 4) is 5.69 Å². The van der Waals surface area contributed by atoms with E-state index >= 15 is 0 Å². The van der Waals surface area contributed by atoms with Crippen LogP contribution in [0.4, 0.5) is 0 Å². The molecule has 2 N–H and O–H groups in total. The van der Waals surface area contributed by atoms with E-state index in [1.165, 1.54) is 0 Å². The third kappa shape index (κ3) is 2.79. The maximum atomic E-state index is 12.5. The monoisotopic (exact) mass is 376 g/mol. The van der Waals surface area contributed by atoms with Crippen molar-refractivity contribution in [1.29, 1.82) is 0 Å². The van der Waals surface area contributed by atoms with Gasteiger partial charge in [0.15, 0.2) is 0 Å². The Morgan fingerprint density at radius 3 is 2.35 bits per heavy atom. The number of benzene rings is 1. The van der Waals surface area contributed by atoms with Gasteiger partial charge in [-0.25, -0.2) is 4.79 Å². The van der Waals surface area contributed by atoms with Crippen LogP contribution in [-0.4, -0.2) is 27.1 Å². The molecule has 3 rings (SSSR count). The number of nitrogens with zero attached hydrogens (tertiary/aromatic N) is 1. The summed E-state index contributed by atoms with van der Waals surface area (Å²) in [7, 11) is 0. The molecule has 5 nitrogen and oxygen atoms in total. The molecule has 0 unspecified atom stereocenters. The predicted octanol–water partition coefficient (Wildman–Crippen LogP) is 3.20. The summed E-state index contributed by atoms with van der Waals surface area (Å²) in [5.74, 6) is -1.30. The molecule has 120 valence electrons. The van der Waals surface area contributed by atoms with Gasteiger partial charge in [0.05, 0.1) is 5.56 Å². The maximum Gasteiger partial charge on any atom is 0.329 e. The van der Waals surface area contributed by atoms with Gasteiger partial charge in [0, 0.05) is 21.5 Å². The lowest BCUT2D eigenvalue weighted by molar-refractivity contribution is -0.140. The molecule has 2 aromatic rings. The van der Waals surface area contributed by atoms with E-state index < -0.39 is 11.5 Å². The first-order chi connectivity index (χ1) is 10.8. The molecule has 23 heavy (non-hydrogen) atoms. The first kappa shape index (κ1) is 15.8. The van der Waals surface area contributed by atoms with Crippen LogP contribution in [0, 0.1) is 13.8 Å². The van der Waals surface area contributed by atoms with Crippen molar-refractivity contribution in [2.24, 2.45) is 0 Å². The first-order valence-corrected chi connectivity index (χ1v) is 8.14. The van der Waals surface area contributed by atoms with E-state index in [9.17, 15) is 14.7 Å². The number of hydrogen-bond donors (Lipinski definition) is 2. The van der Waals surface area contributed by atoms with Gasteiger partial charge in [-0.15, -0.1) is 0 Å². The van der Waals surface area contributed by atoms with Crippen LogP contribution < -0.4 is 5.32 Å². The third-order valence-electron chi connectivity index (χ3n) is 4.27. The van der Waals surface area contributed by atoms with E-state index in [0.717, 1.165) is 21.5 Å². The van der Waals surface area contributed by atoms with Gasteiger partial charge < -0.3 is 15.0 Å². The van der Waals surface area contributed by atoms with Crippen LogP contribution in [0.15, 0.2) is 34.8 Å². The predicted molar refractivity (Wildman–Crippen MR) is 90.0 cm³/mol. The summed E-state index contributed by atoms with van der Waals surface area (Å²) in [5, 5.41) is 11.9. The third-order valence-corrected chi connectivity index (χ3v) is 4.80. The molecule has 1 aliphatic rings. The number of carboxylic acid groups (broad SMARTS) is 1. The number of carboxylic acids is 1. The normalized spacial score (nSPS) is 15.3. The van der Waals surface area contributed by atoms with Crippen molar-refractivity contribution in [2.45, 2.75) is 32.2 Å². The second-order valence-corrected chi connectivity index (χ2v) is 6.85. The molecule has 1 aromatic carbocycles. The van der Waals surface area contributed by atoms with Crippen LogP contribution in [-0.2, 0) is 4.79 Å². The Hall–Kier alpha value is -2.08. The lowest BCUT2D eigenvalue weighted by Crippen LogP contribution is -2.43. The number of aryl methyl sites for hydroxylation is 1. The lowest BCUT2D eigenvalue weighted by Gasteiger charge is -2.13. The standard InChI is InChI=1S/C17H17BrN2O3/c1-10-9-14(15(21)19-17(7-8-17)16(22)23)11(2)20(10)13-5-3-12(18)4-6-13/h3-6,9H,7-8H2,1-2H3,(H,19,21)(H,22,23). The largest absolute Gasteiger partial charge is 0.480 e. The molecule has 0 aliphatic heterocycles. The fourth-order valence-electron chi connectivity index (χ4n) is 2.78. The summed E-state index contributed by atoms with van der Waals surface area (Å²) < 4.78 is 2.97. The van der Waals surface area contributed by atoms with Crippen LogP contribution >= 0.6 is 15.9 Å². The number of hydrogen-bond acceptors (Lipinski definition) is 2. The molecule has 0 atom stereocenters. The van der Waals surface area contributed by atoms with E-state index in [1.54, 1.807) is 6.07 Å². The number of rotatable bonds is 4. The van der Waals surface area contributed by atoms with Crippen LogP contribution in [0.25, 0.3) is 5.69 Å². The molecular weight excluding hydrogens is 360 g/mol. The number of carbonyl (C=O) groups is 2. The Balaban J connectivity index is 1.93. The van der Waals surface area contributed by atoms with E-state index in [0.29, 0.717) is 18.4 Å². The van der Waals surface area contributed by atoms with Crippen LogP contribution in [0.3, 0.4) is 0 Å². The van der Waals surface area contributed by atoms with Crippen LogP contribution in [0.2, 0.25) is 0 Å². The second kappa shape index (κ2) is 5.53. The van der Waals surface area contributed by atoms with Gasteiger partial charge in [-0.05, 0) is 57.0 Å². The fraction of sp³-hybridized carbons (Fsp3) is 0.294. The van der Waals surface area contributed by atoms with Crippen molar-refractivity contribution in [3.05, 3.63) is 51.8 Å². The molecule has 1 heterocycles. The van der Waals surface area contributed by atoms with Gasteiger partial charge in [-0.2, -0.15) is 0 Å². The van der Waals surface area contributed by atoms with Crippen molar-refractivity contribution < 1.29 is 14.7 Å². The highest BCUT2D eigenvalue weighted by Gasteiger charge is 2.51. The number of amides is 1. The van der Waals surface area contributed by atoms with Crippen molar-refractivity contribution in [1.82, 2.24) is 9.88 Å². The highest BCUT2D eigenvalue weighted by atomic mass is 79.9. The molecule has 0 spiro atoms. The zero-order valence-electron chi connectivity index (χ0n) is 12.9. The Kier molecular flexibility index (Phi) is 3.80. The van der Waals surface area contributed by atoms with Gasteiger partial charge >= 0.3 is 5.97 Å². The summed E-state index contributed by atoms with van der Waals surface area (Å²) in [5.41, 5.74) is 2.12. The molecular formula is C17H17BrN2O3. The molecule has 0 radical (unpaired) electrons. The van der Waals surface area contributed by atoms with E-state index in [-0.39, 0.29) is 5.91 Å². The van der Waals surface area contributed by atoms with Crippen molar-refractivity contribution in [3.63, 3.8) is 0 Å². The molecule has 1 aromatic heterocycles. The van der Waals surface area contributed by atoms with Gasteiger partial charge in [-0.3, -0.25) is 4.79 Å². The molecule has 0 bridgehead atoms. The minimum Gasteiger partial charge on any atom is -0.480 e. The quantitative estimate of drug-likeness (QED) is 0.860. The van der Waals surface area contributed by atoms with E-state index in [1.807, 2.05) is 42.7 Å². The van der Waals surface area contributed by atoms with E-state index in [4.69, 9.17) is 0 Å². The number of aliphatic carboxylic acids is 1. The molecule has 1 aliphatic carbocycles. The zero-order valence-corrected chi connectivity index (χ0v) is 14.5. The molecule has 1 amide bonds. The zero-order chi connectivity index (χ0) is 16.8. The Morgan fingerprint density at radius 1 is 1.22 bits per heavy atom. The second-order valence-electron chi connectivity index (χ2n) is 5.94. The molecule has 6 heteroatoms. The number of carbonyl (C=O) groups excluding carboxylic acids is 1. The minimum absolute atomic E-state index is 0.332. The molecule has 1 fully saturated rings. The van der Waals surface area contributed by atoms with Crippen LogP contribution in [0.5, 0.6) is 0 Å². The highest BCUT2D eigenvalue weighted by molar-refractivity contribution is 9.10. The smallest absolute Gasteiger partial charge is 0.329 e. The Labute approximate surface area is 142 Å². The summed E-state index contributed by atoms with van der Waals surface area (Å²) in [6.07, 6.45) is 0.971. The fourth-order valence-corrected chi connectivity index (χ4v) is 3.05. The summed E-state index contributed by atoms with van der Waals surface area (Å²) in [4.78, 5) is 23.7. The number of halogens is 1. The topological polar surface area (TPSA) is 71.3 Å². The van der Waals surface area contributed by atoms with Crippen molar-refractivity contribution >= 4 is 27.8 Å². The summed E-state index contributed by atoms with van der Waals surface area (Å²) >= 11 is 3.41. The van der Waals surface area contributed by atoms with Gasteiger partial charge in [0.25, 0.3) is 5.91 Å². The SMILES string of the molecule is Cc1cc(C(=O)NC2(C(=O)O)CC2)c(C)n1-c1ccc(Br)cc1. The first-order valence-electron chi connectivity index (χ1n) is 7.35. The van der Waals surface area contributed by atoms with Crippen molar-refractivity contribution in [2.75, 3.05) is 0 Å². The number of nitrogens with one attached hydrogen (secondary N) is 1. The number of aromatic nitrogens is 1. The van der Waals surface area contributed by atoms with Gasteiger partial charge in [-0.1, -0.05) is 15.9 Å². The minimum atomic E-state index is -1.07. The van der Waals surface area contributed by atoms with Crippen LogP contribution in [0.1, 0.15) is 34.6 Å². The van der Waals surface area contributed by atoms with Gasteiger partial charge in [0.2, 0.25) is 0 Å². The molecule has 0 saturated heterocycles. The molecule has 1 saturated carbocycles. The van der Waals surface area contributed by atoms with E-state index in [2.05, 4.69) is 21.2 Å². The van der Waals surface area contributed by atoms with Gasteiger partial charge in [0.1, 0.15) is 5.54 Å². The average Bonchev–Trinajstić information content (AvgIpc) is 3.21.